The Kier molecular flexibility index (Phi) is 5.69. The number of hydrogen-bond acceptors (Lipinski definition) is 4. The monoisotopic (exact) mass is 443 g/mol. The fourth-order valence-electron chi connectivity index (χ4n) is 4.59. The van der Waals surface area contributed by atoms with E-state index in [4.69, 9.17) is 4.42 Å². The van der Waals surface area contributed by atoms with E-state index in [-0.39, 0.29) is 17.7 Å². The predicted molar refractivity (Wildman–Crippen MR) is 121 cm³/mol. The van der Waals surface area contributed by atoms with Gasteiger partial charge in [-0.1, -0.05) is 48.5 Å². The van der Waals surface area contributed by atoms with Crippen LogP contribution in [0.15, 0.2) is 77.4 Å². The van der Waals surface area contributed by atoms with E-state index in [1.807, 2.05) is 54.6 Å². The molecule has 1 saturated heterocycles. The molecule has 0 radical (unpaired) electrons. The maximum Gasteiger partial charge on any atom is 0.289 e. The number of fused-ring (bicyclic) bond motifs is 1. The smallest absolute Gasteiger partial charge is 0.289 e. The fraction of sp³-hybridized carbons (Fsp3) is 0.269. The van der Waals surface area contributed by atoms with Crippen LogP contribution in [0.2, 0.25) is 0 Å². The maximum absolute atomic E-state index is 13.7. The number of nitrogens with zero attached hydrogens (tertiary/aromatic N) is 3. The van der Waals surface area contributed by atoms with E-state index in [1.54, 1.807) is 26.8 Å². The molecule has 0 spiro atoms. The van der Waals surface area contributed by atoms with Gasteiger partial charge in [-0.05, 0) is 29.3 Å². The Morgan fingerprint density at radius 1 is 0.848 bits per heavy atom. The molecule has 1 aromatic heterocycles. The predicted octanol–water partition coefficient (Wildman–Crippen LogP) is 2.83. The zero-order valence-electron chi connectivity index (χ0n) is 18.2. The van der Waals surface area contributed by atoms with Crippen molar-refractivity contribution in [2.24, 2.45) is 0 Å². The van der Waals surface area contributed by atoms with E-state index in [0.717, 1.165) is 11.1 Å². The molecule has 2 aromatic carbocycles. The molecule has 2 aliphatic heterocycles. The largest absolute Gasteiger partial charge is 0.459 e. The molecule has 0 saturated carbocycles. The Labute approximate surface area is 192 Å². The van der Waals surface area contributed by atoms with Gasteiger partial charge < -0.3 is 19.1 Å². The summed E-state index contributed by atoms with van der Waals surface area (Å²) in [6, 6.07) is 20.0. The summed E-state index contributed by atoms with van der Waals surface area (Å²) in [5.74, 6) is -0.0492. The number of furan rings is 1. The van der Waals surface area contributed by atoms with Crippen molar-refractivity contribution in [3.05, 3.63) is 95.4 Å². The Morgan fingerprint density at radius 3 is 2.24 bits per heavy atom. The van der Waals surface area contributed by atoms with E-state index in [9.17, 15) is 14.4 Å². The molecule has 0 N–H and O–H groups in total. The number of benzene rings is 2. The number of piperazine rings is 1. The average Bonchev–Trinajstić information content (AvgIpc) is 3.51. The lowest BCUT2D eigenvalue weighted by Crippen LogP contribution is -2.56. The molecule has 3 heterocycles. The maximum atomic E-state index is 13.7. The Hall–Kier alpha value is -3.87. The third-order valence-corrected chi connectivity index (χ3v) is 6.39. The molecular formula is C26H25N3O4. The van der Waals surface area contributed by atoms with Crippen molar-refractivity contribution >= 4 is 17.7 Å². The molecule has 2 aliphatic rings. The van der Waals surface area contributed by atoms with Gasteiger partial charge in [0.1, 0.15) is 6.04 Å². The fourth-order valence-corrected chi connectivity index (χ4v) is 4.59. The van der Waals surface area contributed by atoms with Crippen LogP contribution in [0.3, 0.4) is 0 Å². The van der Waals surface area contributed by atoms with Crippen molar-refractivity contribution in [1.29, 1.82) is 0 Å². The molecule has 1 atom stereocenters. The highest BCUT2D eigenvalue weighted by molar-refractivity contribution is 6.01. The molecule has 0 unspecified atom stereocenters. The highest BCUT2D eigenvalue weighted by Crippen LogP contribution is 2.27. The van der Waals surface area contributed by atoms with Gasteiger partial charge in [-0.15, -0.1) is 0 Å². The van der Waals surface area contributed by atoms with Gasteiger partial charge in [0.2, 0.25) is 5.91 Å². The Morgan fingerprint density at radius 2 is 1.55 bits per heavy atom. The van der Waals surface area contributed by atoms with Gasteiger partial charge in [0.05, 0.1) is 6.26 Å². The molecule has 0 aliphatic carbocycles. The molecule has 1 fully saturated rings. The lowest BCUT2D eigenvalue weighted by atomic mass is 10.0. The molecular weight excluding hydrogens is 418 g/mol. The lowest BCUT2D eigenvalue weighted by Gasteiger charge is -2.38. The number of amides is 3. The van der Waals surface area contributed by atoms with Crippen LogP contribution in [0.1, 0.15) is 32.0 Å². The Bertz CT molecular complexity index is 1150. The first-order chi connectivity index (χ1) is 16.1. The number of carbonyl (C=O) groups excluding carboxylic acids is 3. The van der Waals surface area contributed by atoms with E-state index < -0.39 is 6.04 Å². The number of carbonyl (C=O) groups is 3. The molecule has 33 heavy (non-hydrogen) atoms. The van der Waals surface area contributed by atoms with Gasteiger partial charge in [0.25, 0.3) is 11.8 Å². The number of rotatable bonds is 5. The van der Waals surface area contributed by atoms with Crippen LogP contribution in [-0.4, -0.2) is 64.6 Å². The molecule has 3 aromatic rings. The third-order valence-electron chi connectivity index (χ3n) is 6.39. The molecule has 7 heteroatoms. The van der Waals surface area contributed by atoms with Gasteiger partial charge in [-0.25, -0.2) is 0 Å². The van der Waals surface area contributed by atoms with Gasteiger partial charge in [0.15, 0.2) is 5.76 Å². The van der Waals surface area contributed by atoms with E-state index in [2.05, 4.69) is 0 Å². The summed E-state index contributed by atoms with van der Waals surface area (Å²) in [5, 5.41) is 0. The second kappa shape index (κ2) is 8.94. The standard InChI is InChI=1S/C26H25N3O4/c30-24-21-10-5-4-9-20(21)18-29(24)22(17-19-7-2-1-3-8-19)25(31)27-12-14-28(15-13-27)26(32)23-11-6-16-33-23/h1-11,16,22H,12-15,17-18H2/t22-/m1/s1. The van der Waals surface area contributed by atoms with Crippen LogP contribution < -0.4 is 0 Å². The van der Waals surface area contributed by atoms with E-state index in [0.29, 0.717) is 50.5 Å². The molecule has 168 valence electrons. The average molecular weight is 444 g/mol. The number of hydrogen-bond donors (Lipinski definition) is 0. The molecule has 5 rings (SSSR count). The minimum atomic E-state index is -0.598. The summed E-state index contributed by atoms with van der Waals surface area (Å²) in [7, 11) is 0. The van der Waals surface area contributed by atoms with Crippen molar-refractivity contribution in [3.63, 3.8) is 0 Å². The highest BCUT2D eigenvalue weighted by atomic mass is 16.3. The molecule has 3 amide bonds. The quantitative estimate of drug-likeness (QED) is 0.608. The van der Waals surface area contributed by atoms with Gasteiger partial charge in [0, 0.05) is 44.7 Å². The zero-order valence-corrected chi connectivity index (χ0v) is 18.2. The van der Waals surface area contributed by atoms with Gasteiger partial charge in [-0.2, -0.15) is 0 Å². The summed E-state index contributed by atoms with van der Waals surface area (Å²) in [5.41, 5.74) is 2.62. The van der Waals surface area contributed by atoms with Crippen molar-refractivity contribution in [1.82, 2.24) is 14.7 Å². The van der Waals surface area contributed by atoms with Crippen molar-refractivity contribution in [2.75, 3.05) is 26.2 Å². The summed E-state index contributed by atoms with van der Waals surface area (Å²) in [6.07, 6.45) is 1.93. The Balaban J connectivity index is 1.33. The topological polar surface area (TPSA) is 74.1 Å². The second-order valence-electron chi connectivity index (χ2n) is 8.39. The molecule has 0 bridgehead atoms. The summed E-state index contributed by atoms with van der Waals surface area (Å²) in [6.45, 7) is 2.13. The summed E-state index contributed by atoms with van der Waals surface area (Å²) < 4.78 is 5.22. The van der Waals surface area contributed by atoms with Gasteiger partial charge >= 0.3 is 0 Å². The van der Waals surface area contributed by atoms with Crippen LogP contribution >= 0.6 is 0 Å². The van der Waals surface area contributed by atoms with Crippen LogP contribution in [0.4, 0.5) is 0 Å². The van der Waals surface area contributed by atoms with Crippen molar-refractivity contribution in [2.45, 2.75) is 19.0 Å². The minimum absolute atomic E-state index is 0.0786. The summed E-state index contributed by atoms with van der Waals surface area (Å²) >= 11 is 0. The van der Waals surface area contributed by atoms with Crippen molar-refractivity contribution < 1.29 is 18.8 Å². The van der Waals surface area contributed by atoms with E-state index >= 15 is 0 Å². The second-order valence-corrected chi connectivity index (χ2v) is 8.39. The van der Waals surface area contributed by atoms with Crippen LogP contribution in [0.25, 0.3) is 0 Å². The first kappa shape index (κ1) is 21.0. The summed E-state index contributed by atoms with van der Waals surface area (Å²) in [4.78, 5) is 44.6. The highest BCUT2D eigenvalue weighted by Gasteiger charge is 2.39. The first-order valence-electron chi connectivity index (χ1n) is 11.2. The van der Waals surface area contributed by atoms with Gasteiger partial charge in [-0.3, -0.25) is 14.4 Å². The lowest BCUT2D eigenvalue weighted by molar-refractivity contribution is -0.137. The zero-order chi connectivity index (χ0) is 22.8. The van der Waals surface area contributed by atoms with Crippen molar-refractivity contribution in [3.8, 4) is 0 Å². The SMILES string of the molecule is O=C(c1ccco1)N1CCN(C(=O)[C@@H](Cc2ccccc2)N2Cc3ccccc3C2=O)CC1. The van der Waals surface area contributed by atoms with Crippen LogP contribution in [0, 0.1) is 0 Å². The minimum Gasteiger partial charge on any atom is -0.459 e. The van der Waals surface area contributed by atoms with Crippen LogP contribution in [-0.2, 0) is 17.8 Å². The third kappa shape index (κ3) is 4.14. The van der Waals surface area contributed by atoms with Crippen LogP contribution in [0.5, 0.6) is 0 Å². The first-order valence-corrected chi connectivity index (χ1v) is 11.2. The normalized spacial score (nSPS) is 16.6. The van der Waals surface area contributed by atoms with E-state index in [1.165, 1.54) is 6.26 Å². The molecule has 7 nitrogen and oxygen atoms in total.